The normalized spacial score (nSPS) is 14.1. The summed E-state index contributed by atoms with van der Waals surface area (Å²) in [5.74, 6) is -0.269. The van der Waals surface area contributed by atoms with E-state index in [1.54, 1.807) is 0 Å². The molecule has 4 nitrogen and oxygen atoms in total. The lowest BCUT2D eigenvalue weighted by atomic mass is 10.0. The summed E-state index contributed by atoms with van der Waals surface area (Å²) in [5, 5.41) is 25.8. The van der Waals surface area contributed by atoms with Crippen LogP contribution in [0.3, 0.4) is 0 Å². The number of hydrogen-bond donors (Lipinski definition) is 4. The molecule has 1 unspecified atom stereocenters. The van der Waals surface area contributed by atoms with Crippen LogP contribution in [0.25, 0.3) is 0 Å². The minimum atomic E-state index is -0.269. The number of hydroxylamine groups is 1. The maximum atomic E-state index is 8.65. The SMILES string of the molecule is CCC(NO)C(CO)CO. The Hall–Kier alpha value is -0.160. The minimum Gasteiger partial charge on any atom is -0.396 e. The zero-order valence-corrected chi connectivity index (χ0v) is 6.12. The van der Waals surface area contributed by atoms with Crippen LogP contribution in [-0.2, 0) is 0 Å². The summed E-state index contributed by atoms with van der Waals surface area (Å²) in [5.41, 5.74) is 2.03. The predicted molar refractivity (Wildman–Crippen MR) is 36.7 cm³/mol. The van der Waals surface area contributed by atoms with Crippen molar-refractivity contribution >= 4 is 0 Å². The van der Waals surface area contributed by atoms with Gasteiger partial charge in [-0.1, -0.05) is 6.92 Å². The highest BCUT2D eigenvalue weighted by Gasteiger charge is 2.16. The van der Waals surface area contributed by atoms with Crippen LogP contribution in [0.1, 0.15) is 13.3 Å². The summed E-state index contributed by atoms with van der Waals surface area (Å²) in [6.07, 6.45) is 0.683. The third-order valence-corrected chi connectivity index (χ3v) is 1.64. The first-order valence-corrected chi connectivity index (χ1v) is 3.41. The molecule has 0 aliphatic heterocycles. The Kier molecular flexibility index (Phi) is 5.52. The predicted octanol–water partition coefficient (Wildman–Crippen LogP) is -0.655. The van der Waals surface area contributed by atoms with E-state index < -0.39 is 0 Å². The Bertz CT molecular complexity index is 61.4. The molecule has 62 valence electrons. The number of aliphatic hydroxyl groups excluding tert-OH is 2. The molecule has 1 atom stereocenters. The number of rotatable bonds is 5. The monoisotopic (exact) mass is 149 g/mol. The van der Waals surface area contributed by atoms with Gasteiger partial charge in [-0.05, 0) is 6.42 Å². The topological polar surface area (TPSA) is 72.7 Å². The first-order chi connectivity index (χ1) is 4.79. The fourth-order valence-electron chi connectivity index (χ4n) is 0.842. The second-order valence-corrected chi connectivity index (χ2v) is 2.27. The molecule has 4 N–H and O–H groups in total. The number of hydrogen-bond acceptors (Lipinski definition) is 4. The largest absolute Gasteiger partial charge is 0.396 e. The summed E-state index contributed by atoms with van der Waals surface area (Å²) < 4.78 is 0. The van der Waals surface area contributed by atoms with Gasteiger partial charge in [0.2, 0.25) is 0 Å². The van der Waals surface area contributed by atoms with E-state index >= 15 is 0 Å². The van der Waals surface area contributed by atoms with Gasteiger partial charge >= 0.3 is 0 Å². The minimum absolute atomic E-state index is 0.109. The first-order valence-electron chi connectivity index (χ1n) is 3.41. The van der Waals surface area contributed by atoms with Crippen molar-refractivity contribution in [2.45, 2.75) is 19.4 Å². The van der Waals surface area contributed by atoms with E-state index in [4.69, 9.17) is 15.4 Å². The molecule has 4 heteroatoms. The summed E-state index contributed by atoms with van der Waals surface area (Å²) in [6.45, 7) is 1.65. The second-order valence-electron chi connectivity index (χ2n) is 2.27. The molecule has 0 rings (SSSR count). The zero-order valence-electron chi connectivity index (χ0n) is 6.12. The average Bonchev–Trinajstić information content (AvgIpc) is 2.00. The van der Waals surface area contributed by atoms with Crippen molar-refractivity contribution in [3.8, 4) is 0 Å². The fourth-order valence-corrected chi connectivity index (χ4v) is 0.842. The van der Waals surface area contributed by atoms with Crippen molar-refractivity contribution in [2.75, 3.05) is 13.2 Å². The van der Waals surface area contributed by atoms with Crippen molar-refractivity contribution in [1.29, 1.82) is 0 Å². The third kappa shape index (κ3) is 2.62. The molecule has 0 aromatic carbocycles. The van der Waals surface area contributed by atoms with Crippen LogP contribution >= 0.6 is 0 Å². The Morgan fingerprint density at radius 3 is 1.90 bits per heavy atom. The Morgan fingerprint density at radius 1 is 1.30 bits per heavy atom. The lowest BCUT2D eigenvalue weighted by Gasteiger charge is -2.20. The molecule has 0 aliphatic carbocycles. The second kappa shape index (κ2) is 5.61. The van der Waals surface area contributed by atoms with E-state index in [-0.39, 0.29) is 25.2 Å². The van der Waals surface area contributed by atoms with Crippen molar-refractivity contribution < 1.29 is 15.4 Å². The van der Waals surface area contributed by atoms with Crippen LogP contribution < -0.4 is 5.48 Å². The molecular weight excluding hydrogens is 134 g/mol. The van der Waals surface area contributed by atoms with Crippen LogP contribution in [0, 0.1) is 5.92 Å². The fraction of sp³-hybridized carbons (Fsp3) is 1.00. The van der Waals surface area contributed by atoms with Crippen LogP contribution in [0.5, 0.6) is 0 Å². The van der Waals surface area contributed by atoms with E-state index in [0.717, 1.165) is 0 Å². The highest BCUT2D eigenvalue weighted by atomic mass is 16.5. The van der Waals surface area contributed by atoms with E-state index in [9.17, 15) is 0 Å². The van der Waals surface area contributed by atoms with Crippen LogP contribution in [-0.4, -0.2) is 34.7 Å². The highest BCUT2D eigenvalue weighted by Crippen LogP contribution is 2.04. The smallest absolute Gasteiger partial charge is 0.0497 e. The molecule has 0 heterocycles. The van der Waals surface area contributed by atoms with Crippen LogP contribution in [0.4, 0.5) is 0 Å². The van der Waals surface area contributed by atoms with E-state index in [1.807, 2.05) is 12.4 Å². The molecule has 10 heavy (non-hydrogen) atoms. The summed E-state index contributed by atoms with van der Waals surface area (Å²) in [6, 6.07) is -0.213. The lowest BCUT2D eigenvalue weighted by Crippen LogP contribution is -2.37. The average molecular weight is 149 g/mol. The van der Waals surface area contributed by atoms with Gasteiger partial charge in [0.15, 0.2) is 0 Å². The first kappa shape index (κ1) is 9.84. The molecule has 0 aliphatic rings. The Labute approximate surface area is 60.5 Å². The summed E-state index contributed by atoms with van der Waals surface area (Å²) >= 11 is 0. The van der Waals surface area contributed by atoms with Gasteiger partial charge in [0.1, 0.15) is 0 Å². The van der Waals surface area contributed by atoms with E-state index in [1.165, 1.54) is 0 Å². The van der Waals surface area contributed by atoms with Gasteiger partial charge in [0, 0.05) is 25.2 Å². The highest BCUT2D eigenvalue weighted by molar-refractivity contribution is 4.69. The molecule has 0 saturated heterocycles. The Morgan fingerprint density at radius 2 is 1.80 bits per heavy atom. The van der Waals surface area contributed by atoms with Crippen molar-refractivity contribution in [3.63, 3.8) is 0 Å². The summed E-state index contributed by atoms with van der Waals surface area (Å²) in [7, 11) is 0. The Balaban J connectivity index is 3.70. The quantitative estimate of drug-likeness (QED) is 0.392. The van der Waals surface area contributed by atoms with Gasteiger partial charge in [-0.3, -0.25) is 0 Å². The molecule has 0 aromatic rings. The van der Waals surface area contributed by atoms with Gasteiger partial charge in [-0.15, -0.1) is 0 Å². The molecule has 0 spiro atoms. The summed E-state index contributed by atoms with van der Waals surface area (Å²) in [4.78, 5) is 0. The van der Waals surface area contributed by atoms with Crippen LogP contribution in [0.2, 0.25) is 0 Å². The van der Waals surface area contributed by atoms with Gasteiger partial charge in [0.05, 0.1) is 0 Å². The van der Waals surface area contributed by atoms with E-state index in [0.29, 0.717) is 6.42 Å². The molecule has 0 radical (unpaired) electrons. The van der Waals surface area contributed by atoms with Gasteiger partial charge < -0.3 is 15.4 Å². The lowest BCUT2D eigenvalue weighted by molar-refractivity contribution is 0.0453. The van der Waals surface area contributed by atoms with Crippen molar-refractivity contribution in [3.05, 3.63) is 0 Å². The molecule has 0 saturated carbocycles. The van der Waals surface area contributed by atoms with Gasteiger partial charge in [-0.25, -0.2) is 5.48 Å². The molecule has 0 amide bonds. The van der Waals surface area contributed by atoms with Crippen molar-refractivity contribution in [2.24, 2.45) is 5.92 Å². The third-order valence-electron chi connectivity index (χ3n) is 1.64. The standard InChI is InChI=1S/C6H15NO3/c1-2-6(7-10)5(3-8)4-9/h5-10H,2-4H2,1H3. The molecule has 0 fully saturated rings. The van der Waals surface area contributed by atoms with E-state index in [2.05, 4.69) is 0 Å². The molecule has 0 bridgehead atoms. The van der Waals surface area contributed by atoms with Crippen molar-refractivity contribution in [1.82, 2.24) is 5.48 Å². The number of nitrogens with one attached hydrogen (secondary N) is 1. The zero-order chi connectivity index (χ0) is 7.98. The maximum Gasteiger partial charge on any atom is 0.0497 e. The van der Waals surface area contributed by atoms with Gasteiger partial charge in [-0.2, -0.15) is 0 Å². The molecule has 0 aromatic heterocycles. The molecular formula is C6H15NO3. The number of aliphatic hydroxyl groups is 2. The van der Waals surface area contributed by atoms with Crippen LogP contribution in [0.15, 0.2) is 0 Å². The maximum absolute atomic E-state index is 8.65. The van der Waals surface area contributed by atoms with Gasteiger partial charge in [0.25, 0.3) is 0 Å².